The second kappa shape index (κ2) is 15.3. The van der Waals surface area contributed by atoms with Crippen molar-refractivity contribution in [1.82, 2.24) is 19.6 Å². The lowest BCUT2D eigenvalue weighted by Gasteiger charge is -2.34. The molecule has 11 nitrogen and oxygen atoms in total. The normalized spacial score (nSPS) is 14.7. The van der Waals surface area contributed by atoms with Crippen LogP contribution in [0.15, 0.2) is 42.5 Å². The summed E-state index contributed by atoms with van der Waals surface area (Å²) in [5.74, 6) is -0.0812. The molecule has 3 amide bonds. The zero-order valence-electron chi connectivity index (χ0n) is 27.6. The second-order valence-corrected chi connectivity index (χ2v) is 12.1. The number of ether oxygens (including phenoxy) is 1. The number of carbonyl (C=O) groups excluding carboxylic acids is 3. The van der Waals surface area contributed by atoms with Crippen LogP contribution in [-0.2, 0) is 30.7 Å². The molecule has 0 saturated carbocycles. The van der Waals surface area contributed by atoms with Gasteiger partial charge in [0, 0.05) is 48.7 Å². The second-order valence-electron chi connectivity index (χ2n) is 12.1. The molecule has 1 saturated heterocycles. The van der Waals surface area contributed by atoms with E-state index in [1.165, 1.54) is 4.68 Å². The van der Waals surface area contributed by atoms with Crippen LogP contribution in [0.2, 0.25) is 0 Å². The molecular weight excluding hydrogens is 582 g/mol. The first-order chi connectivity index (χ1) is 22.3. The highest BCUT2D eigenvalue weighted by Crippen LogP contribution is 2.32. The van der Waals surface area contributed by atoms with Crippen molar-refractivity contribution in [1.29, 1.82) is 0 Å². The third kappa shape index (κ3) is 7.52. The van der Waals surface area contributed by atoms with Crippen LogP contribution in [0.1, 0.15) is 79.2 Å². The summed E-state index contributed by atoms with van der Waals surface area (Å²) in [6, 6.07) is 13.3. The molecule has 0 bridgehead atoms. The number of unbranched alkanes of at least 4 members (excludes halogenated alkanes) is 3. The number of amides is 3. The quantitative estimate of drug-likeness (QED) is 0.246. The summed E-state index contributed by atoms with van der Waals surface area (Å²) < 4.78 is 6.75. The number of aryl methyl sites for hydroxylation is 2. The molecule has 46 heavy (non-hydrogen) atoms. The largest absolute Gasteiger partial charge is 0.448 e. The van der Waals surface area contributed by atoms with Crippen molar-refractivity contribution >= 4 is 35.2 Å². The zero-order valence-corrected chi connectivity index (χ0v) is 27.6. The summed E-state index contributed by atoms with van der Waals surface area (Å²) in [6.45, 7) is 10.8. The number of nitrogens with one attached hydrogen (secondary N) is 2. The predicted molar refractivity (Wildman–Crippen MR) is 181 cm³/mol. The van der Waals surface area contributed by atoms with Crippen molar-refractivity contribution in [3.63, 3.8) is 0 Å². The van der Waals surface area contributed by atoms with E-state index < -0.39 is 6.09 Å². The lowest BCUT2D eigenvalue weighted by Crippen LogP contribution is -2.44. The molecule has 2 N–H and O–H groups in total. The van der Waals surface area contributed by atoms with Crippen molar-refractivity contribution in [3.8, 4) is 0 Å². The lowest BCUT2D eigenvalue weighted by molar-refractivity contribution is 0.102. The fraction of sp³-hybridized carbons (Fsp3) is 0.486. The summed E-state index contributed by atoms with van der Waals surface area (Å²) in [5, 5.41) is 10.5. The van der Waals surface area contributed by atoms with Gasteiger partial charge in [-0.15, -0.1) is 5.10 Å². The number of carbonyl (C=O) groups is 3. The molecule has 2 aromatic carbocycles. The van der Waals surface area contributed by atoms with E-state index in [4.69, 9.17) is 4.74 Å². The maximum Gasteiger partial charge on any atom is 0.435 e. The van der Waals surface area contributed by atoms with E-state index in [0.29, 0.717) is 16.8 Å². The van der Waals surface area contributed by atoms with Crippen LogP contribution in [0.3, 0.4) is 0 Å². The van der Waals surface area contributed by atoms with Gasteiger partial charge in [0.05, 0.1) is 25.4 Å². The Balaban J connectivity index is 1.33. The van der Waals surface area contributed by atoms with Gasteiger partial charge in [-0.1, -0.05) is 58.2 Å². The van der Waals surface area contributed by atoms with Crippen LogP contribution in [0.5, 0.6) is 0 Å². The van der Waals surface area contributed by atoms with Crippen LogP contribution in [0.25, 0.3) is 0 Å². The first-order valence-electron chi connectivity index (χ1n) is 16.6. The molecule has 2 aliphatic rings. The molecule has 3 heterocycles. The molecule has 1 aromatic heterocycles. The Morgan fingerprint density at radius 3 is 2.20 bits per heavy atom. The van der Waals surface area contributed by atoms with Gasteiger partial charge in [0.1, 0.15) is 0 Å². The van der Waals surface area contributed by atoms with E-state index in [2.05, 4.69) is 53.4 Å². The minimum absolute atomic E-state index is 0.157. The van der Waals surface area contributed by atoms with E-state index in [9.17, 15) is 14.4 Å². The molecule has 11 heteroatoms. The van der Waals surface area contributed by atoms with Crippen molar-refractivity contribution in [3.05, 3.63) is 70.4 Å². The minimum atomic E-state index is -0.614. The molecule has 0 spiro atoms. The highest BCUT2D eigenvalue weighted by atomic mass is 16.6. The zero-order chi connectivity index (χ0) is 32.6. The van der Waals surface area contributed by atoms with Gasteiger partial charge in [0.15, 0.2) is 5.82 Å². The Labute approximate surface area is 271 Å². The summed E-state index contributed by atoms with van der Waals surface area (Å²) in [7, 11) is 2.12. The molecular formula is C35H47N7O4. The van der Waals surface area contributed by atoms with Gasteiger partial charge < -0.3 is 30.1 Å². The fourth-order valence-corrected chi connectivity index (χ4v) is 6.04. The number of hydrogen-bond acceptors (Lipinski definition) is 7. The van der Waals surface area contributed by atoms with E-state index in [1.54, 1.807) is 17.0 Å². The maximum atomic E-state index is 13.6. The molecule has 0 unspecified atom stereocenters. The van der Waals surface area contributed by atoms with Crippen molar-refractivity contribution in [2.75, 3.05) is 55.4 Å². The number of nitrogens with zero attached hydrogens (tertiary/aromatic N) is 5. The number of rotatable bonds is 11. The summed E-state index contributed by atoms with van der Waals surface area (Å²) in [5.41, 5.74) is 5.68. The number of likely N-dealkylation sites (N-methyl/N-ethyl adjacent to an activating group) is 1. The van der Waals surface area contributed by atoms with Crippen LogP contribution in [-0.4, -0.2) is 77.4 Å². The molecule has 0 atom stereocenters. The third-order valence-corrected chi connectivity index (χ3v) is 8.92. The summed E-state index contributed by atoms with van der Waals surface area (Å²) >= 11 is 0. The average molecular weight is 630 g/mol. The Morgan fingerprint density at radius 2 is 1.54 bits per heavy atom. The molecule has 0 radical (unpaired) electrons. The highest BCUT2D eigenvalue weighted by molar-refractivity contribution is 6.04. The average Bonchev–Trinajstić information content (AvgIpc) is 3.65. The number of benzene rings is 2. The highest BCUT2D eigenvalue weighted by Gasteiger charge is 2.34. The van der Waals surface area contributed by atoms with Gasteiger partial charge in [0.2, 0.25) is 0 Å². The van der Waals surface area contributed by atoms with Gasteiger partial charge in [-0.05, 0) is 61.7 Å². The minimum Gasteiger partial charge on any atom is -0.448 e. The molecule has 5 rings (SSSR count). The molecule has 246 valence electrons. The van der Waals surface area contributed by atoms with Crippen molar-refractivity contribution < 1.29 is 19.1 Å². The van der Waals surface area contributed by atoms with E-state index in [1.807, 2.05) is 30.3 Å². The van der Waals surface area contributed by atoms with Gasteiger partial charge in [-0.25, -0.2) is 9.59 Å². The van der Waals surface area contributed by atoms with E-state index >= 15 is 0 Å². The third-order valence-electron chi connectivity index (χ3n) is 8.92. The molecule has 3 aromatic rings. The number of fused-ring (bicyclic) bond motifs is 1. The van der Waals surface area contributed by atoms with Crippen LogP contribution in [0, 0.1) is 0 Å². The van der Waals surface area contributed by atoms with Crippen LogP contribution < -0.4 is 15.5 Å². The fourth-order valence-electron chi connectivity index (χ4n) is 6.04. The number of hydrogen-bond donors (Lipinski definition) is 2. The van der Waals surface area contributed by atoms with Crippen molar-refractivity contribution in [2.24, 2.45) is 0 Å². The summed E-state index contributed by atoms with van der Waals surface area (Å²) in [4.78, 5) is 46.4. The number of aromatic nitrogens is 2. The Morgan fingerprint density at radius 1 is 0.848 bits per heavy atom. The Kier molecular flexibility index (Phi) is 11.0. The number of para-hydroxylation sites is 1. The standard InChI is InChI=1S/C35H47N7O4/c1-5-8-9-10-22-46-35(45)42-30-24-41(34(44)36-31-25(6-2)12-11-13-26(31)7-3)23-29(30)32(38-42)37-33(43)27-14-16-28(17-15-27)40-20-18-39(4)19-21-40/h11-17H,5-10,18-24H2,1-4H3,(H,36,44)(H,37,38,43). The van der Waals surface area contributed by atoms with Crippen molar-refractivity contribution in [2.45, 2.75) is 72.4 Å². The lowest BCUT2D eigenvalue weighted by atomic mass is 10.0. The smallest absolute Gasteiger partial charge is 0.435 e. The number of anilines is 3. The number of piperazine rings is 1. The van der Waals surface area contributed by atoms with Gasteiger partial charge >= 0.3 is 12.1 Å². The SMILES string of the molecule is CCCCCCOC(=O)n1nc(NC(=O)c2ccc(N3CCN(C)CC3)cc2)c2c1CN(C(=O)Nc1c(CC)cccc1CC)C2. The Hall–Kier alpha value is -4.38. The first kappa shape index (κ1) is 33.0. The van der Waals surface area contributed by atoms with E-state index in [-0.39, 0.29) is 37.5 Å². The monoisotopic (exact) mass is 629 g/mol. The van der Waals surface area contributed by atoms with E-state index in [0.717, 1.165) is 87.2 Å². The predicted octanol–water partition coefficient (Wildman–Crippen LogP) is 6.12. The maximum absolute atomic E-state index is 13.6. The van der Waals surface area contributed by atoms with Gasteiger partial charge in [0.25, 0.3) is 5.91 Å². The number of urea groups is 1. The summed E-state index contributed by atoms with van der Waals surface area (Å²) in [6.07, 6.45) is 4.86. The molecule has 0 aliphatic carbocycles. The molecule has 1 fully saturated rings. The first-order valence-corrected chi connectivity index (χ1v) is 16.6. The topological polar surface area (TPSA) is 112 Å². The van der Waals surface area contributed by atoms with Gasteiger partial charge in [-0.3, -0.25) is 4.79 Å². The van der Waals surface area contributed by atoms with Gasteiger partial charge in [-0.2, -0.15) is 4.68 Å². The Bertz CT molecular complexity index is 1500. The van der Waals surface area contributed by atoms with Crippen LogP contribution >= 0.6 is 0 Å². The molecule has 2 aliphatic heterocycles. The van der Waals surface area contributed by atoms with Crippen LogP contribution in [0.4, 0.5) is 26.8 Å².